The smallest absolute Gasteiger partial charge is 0.416 e. The molecule has 0 aromatic heterocycles. The molecule has 1 heterocycles. The number of benzene rings is 2. The first-order valence-corrected chi connectivity index (χ1v) is 10.2. The van der Waals surface area contributed by atoms with Gasteiger partial charge in [0.1, 0.15) is 11.4 Å². The molecule has 2 aromatic rings. The van der Waals surface area contributed by atoms with Crippen molar-refractivity contribution >= 4 is 17.2 Å². The molecule has 0 fully saturated rings. The molecule has 7 heteroatoms. The van der Waals surface area contributed by atoms with E-state index in [2.05, 4.69) is 5.32 Å². The Morgan fingerprint density at radius 2 is 2.03 bits per heavy atom. The highest BCUT2D eigenvalue weighted by Crippen LogP contribution is 2.43. The van der Waals surface area contributed by atoms with E-state index in [1.807, 2.05) is 12.1 Å². The molecule has 0 saturated carbocycles. The predicted molar refractivity (Wildman–Crippen MR) is 112 cm³/mol. The van der Waals surface area contributed by atoms with Gasteiger partial charge in [-0.25, -0.2) is 0 Å². The molecular weight excluding hydrogens is 407 g/mol. The zero-order valence-corrected chi connectivity index (χ0v) is 17.3. The van der Waals surface area contributed by atoms with Crippen molar-refractivity contribution in [2.75, 3.05) is 5.32 Å². The first-order chi connectivity index (χ1) is 14.5. The van der Waals surface area contributed by atoms with E-state index >= 15 is 0 Å². The van der Waals surface area contributed by atoms with Crippen LogP contribution >= 0.6 is 0 Å². The number of carbonyl (C=O) groups is 1. The first kappa shape index (κ1) is 21.4. The summed E-state index contributed by atoms with van der Waals surface area (Å²) in [6.45, 7) is 3.55. The van der Waals surface area contributed by atoms with E-state index in [9.17, 15) is 23.1 Å². The Balaban J connectivity index is 1.64. The molecule has 2 aliphatic rings. The van der Waals surface area contributed by atoms with Gasteiger partial charge in [0.2, 0.25) is 5.91 Å². The van der Waals surface area contributed by atoms with Gasteiger partial charge in [0.15, 0.2) is 0 Å². The number of anilines is 1. The van der Waals surface area contributed by atoms with Crippen LogP contribution in [-0.2, 0) is 23.8 Å². The highest BCUT2D eigenvalue weighted by atomic mass is 19.4. The number of aliphatic hydroxyl groups excluding tert-OH is 1. The fourth-order valence-electron chi connectivity index (χ4n) is 4.28. The summed E-state index contributed by atoms with van der Waals surface area (Å²) in [7, 11) is 0. The summed E-state index contributed by atoms with van der Waals surface area (Å²) >= 11 is 0. The molecule has 1 amide bonds. The van der Waals surface area contributed by atoms with Gasteiger partial charge in [-0.3, -0.25) is 4.79 Å². The molecule has 1 aliphatic carbocycles. The molecule has 1 atom stereocenters. The number of ether oxygens (including phenoxy) is 1. The number of aryl methyl sites for hydroxylation is 1. The molecular formula is C24H24F3NO3. The summed E-state index contributed by atoms with van der Waals surface area (Å²) < 4.78 is 45.1. The maximum absolute atomic E-state index is 13.1. The van der Waals surface area contributed by atoms with Gasteiger partial charge in [0.25, 0.3) is 0 Å². The number of hydrogen-bond donors (Lipinski definition) is 2. The van der Waals surface area contributed by atoms with Crippen LogP contribution in [-0.4, -0.2) is 22.7 Å². The van der Waals surface area contributed by atoms with Gasteiger partial charge >= 0.3 is 6.18 Å². The van der Waals surface area contributed by atoms with Crippen LogP contribution in [0, 0.1) is 0 Å². The van der Waals surface area contributed by atoms with Crippen molar-refractivity contribution < 1.29 is 27.8 Å². The third-order valence-corrected chi connectivity index (χ3v) is 5.68. The summed E-state index contributed by atoms with van der Waals surface area (Å²) in [6.07, 6.45) is -1.18. The summed E-state index contributed by atoms with van der Waals surface area (Å²) in [5.74, 6) is -0.252. The van der Waals surface area contributed by atoms with Crippen molar-refractivity contribution in [3.05, 3.63) is 64.7 Å². The molecule has 164 valence electrons. The van der Waals surface area contributed by atoms with Gasteiger partial charge in [0, 0.05) is 30.2 Å². The van der Waals surface area contributed by atoms with Gasteiger partial charge in [-0.1, -0.05) is 18.2 Å². The van der Waals surface area contributed by atoms with E-state index in [1.165, 1.54) is 12.1 Å². The van der Waals surface area contributed by atoms with Gasteiger partial charge in [-0.2, -0.15) is 13.2 Å². The molecule has 1 aliphatic heterocycles. The number of fused-ring (bicyclic) bond motifs is 2. The minimum absolute atomic E-state index is 0.116. The molecule has 0 radical (unpaired) electrons. The van der Waals surface area contributed by atoms with Crippen molar-refractivity contribution in [2.45, 2.75) is 57.4 Å². The Bertz CT molecular complexity index is 1060. The third kappa shape index (κ3) is 4.61. The Morgan fingerprint density at radius 3 is 2.77 bits per heavy atom. The van der Waals surface area contributed by atoms with E-state index in [1.54, 1.807) is 19.9 Å². The van der Waals surface area contributed by atoms with Crippen molar-refractivity contribution in [3.63, 3.8) is 0 Å². The lowest BCUT2D eigenvalue weighted by molar-refractivity contribution is -0.137. The molecule has 4 nitrogen and oxygen atoms in total. The second kappa shape index (κ2) is 7.71. The lowest BCUT2D eigenvalue weighted by Gasteiger charge is -2.34. The topological polar surface area (TPSA) is 58.6 Å². The number of halogens is 3. The summed E-state index contributed by atoms with van der Waals surface area (Å²) in [5, 5.41) is 12.9. The standard InChI is InChI=1S/C24H24F3NO3/c1-23(2)13-15(18-9-7-16(24(25,26)27)11-21(18)31-23)10-22(30)28-20-5-3-4-14-6-8-17(29)12-19(14)20/h3-5,7,9-11,17,29H,6,8,12-13H2,1-2H3,(H,28,30)/b15-10+. The molecule has 0 saturated heterocycles. The summed E-state index contributed by atoms with van der Waals surface area (Å²) in [4.78, 5) is 12.8. The highest BCUT2D eigenvalue weighted by molar-refractivity contribution is 6.05. The number of amides is 1. The molecule has 2 aromatic carbocycles. The Labute approximate surface area is 178 Å². The van der Waals surface area contributed by atoms with Crippen LogP contribution in [0.2, 0.25) is 0 Å². The summed E-state index contributed by atoms with van der Waals surface area (Å²) in [6, 6.07) is 8.99. The van der Waals surface area contributed by atoms with Gasteiger partial charge in [0.05, 0.1) is 11.7 Å². The van der Waals surface area contributed by atoms with Crippen molar-refractivity contribution in [1.29, 1.82) is 0 Å². The van der Waals surface area contributed by atoms with E-state index in [4.69, 9.17) is 4.74 Å². The maximum atomic E-state index is 13.1. The van der Waals surface area contributed by atoms with Crippen LogP contribution in [0.3, 0.4) is 0 Å². The van der Waals surface area contributed by atoms with E-state index in [0.717, 1.165) is 29.7 Å². The first-order valence-electron chi connectivity index (χ1n) is 10.2. The second-order valence-corrected chi connectivity index (χ2v) is 8.75. The SMILES string of the molecule is CC1(C)C/C(=C\C(=O)Nc2cccc3c2CC(O)CC3)c2ccc(C(F)(F)F)cc2O1. The number of carbonyl (C=O) groups excluding carboxylic acids is 1. The lowest BCUT2D eigenvalue weighted by atomic mass is 9.88. The quantitative estimate of drug-likeness (QED) is 0.648. The molecule has 1 unspecified atom stereocenters. The number of nitrogens with one attached hydrogen (secondary N) is 1. The Morgan fingerprint density at radius 1 is 1.26 bits per heavy atom. The number of hydrogen-bond acceptors (Lipinski definition) is 3. The van der Waals surface area contributed by atoms with Gasteiger partial charge < -0.3 is 15.2 Å². The minimum atomic E-state index is -4.47. The van der Waals surface area contributed by atoms with Crippen LogP contribution in [0.5, 0.6) is 5.75 Å². The van der Waals surface area contributed by atoms with Crippen LogP contribution < -0.4 is 10.1 Å². The molecule has 0 bridgehead atoms. The fourth-order valence-corrected chi connectivity index (χ4v) is 4.28. The van der Waals surface area contributed by atoms with Crippen molar-refractivity contribution in [2.24, 2.45) is 0 Å². The zero-order valence-electron chi connectivity index (χ0n) is 17.3. The number of alkyl halides is 3. The average Bonchev–Trinajstić information content (AvgIpc) is 2.66. The summed E-state index contributed by atoms with van der Waals surface area (Å²) in [5.41, 5.74) is 2.23. The molecule has 31 heavy (non-hydrogen) atoms. The van der Waals surface area contributed by atoms with Crippen LogP contribution in [0.1, 0.15) is 48.9 Å². The van der Waals surface area contributed by atoms with E-state index in [-0.39, 0.29) is 11.7 Å². The average molecular weight is 431 g/mol. The van der Waals surface area contributed by atoms with Crippen LogP contribution in [0.25, 0.3) is 5.57 Å². The predicted octanol–water partition coefficient (Wildman–Crippen LogP) is 5.14. The van der Waals surface area contributed by atoms with Crippen molar-refractivity contribution in [1.82, 2.24) is 0 Å². The number of aliphatic hydroxyl groups is 1. The highest BCUT2D eigenvalue weighted by Gasteiger charge is 2.35. The van der Waals surface area contributed by atoms with Gasteiger partial charge in [-0.05, 0) is 61.6 Å². The minimum Gasteiger partial charge on any atom is -0.487 e. The second-order valence-electron chi connectivity index (χ2n) is 8.75. The molecule has 4 rings (SSSR count). The maximum Gasteiger partial charge on any atom is 0.416 e. The number of rotatable bonds is 2. The van der Waals surface area contributed by atoms with E-state index < -0.39 is 23.4 Å². The van der Waals surface area contributed by atoms with Crippen molar-refractivity contribution in [3.8, 4) is 5.75 Å². The Hall–Kier alpha value is -2.80. The van der Waals surface area contributed by atoms with Crippen LogP contribution in [0.15, 0.2) is 42.5 Å². The molecule has 2 N–H and O–H groups in total. The molecule has 0 spiro atoms. The zero-order chi connectivity index (χ0) is 22.4. The lowest BCUT2D eigenvalue weighted by Crippen LogP contribution is -2.32. The normalized spacial score (nSPS) is 21.1. The van der Waals surface area contributed by atoms with Crippen LogP contribution in [0.4, 0.5) is 18.9 Å². The monoisotopic (exact) mass is 431 g/mol. The fraction of sp³-hybridized carbons (Fsp3) is 0.375. The largest absolute Gasteiger partial charge is 0.487 e. The third-order valence-electron chi connectivity index (χ3n) is 5.68. The van der Waals surface area contributed by atoms with E-state index in [0.29, 0.717) is 36.1 Å². The Kier molecular flexibility index (Phi) is 5.33. The van der Waals surface area contributed by atoms with Gasteiger partial charge in [-0.15, -0.1) is 0 Å².